The summed E-state index contributed by atoms with van der Waals surface area (Å²) in [6.07, 6.45) is 1.95. The minimum Gasteiger partial charge on any atom is -0.309 e. The molecule has 0 amide bonds. The van der Waals surface area contributed by atoms with E-state index in [9.17, 15) is 0 Å². The molecule has 0 bridgehead atoms. The van der Waals surface area contributed by atoms with E-state index < -0.39 is 0 Å². The van der Waals surface area contributed by atoms with Crippen LogP contribution >= 0.6 is 0 Å². The van der Waals surface area contributed by atoms with Crippen molar-refractivity contribution in [3.8, 4) is 22.8 Å². The molecule has 3 aromatic heterocycles. The molecule has 4 nitrogen and oxygen atoms in total. The van der Waals surface area contributed by atoms with E-state index in [1.165, 1.54) is 49.1 Å². The largest absolute Gasteiger partial charge is 0.309 e. The Balaban J connectivity index is 1.24. The first kappa shape index (κ1) is 25.1. The second-order valence-corrected chi connectivity index (χ2v) is 11.9. The fraction of sp³-hybridized carbons (Fsp3) is 0. The molecule has 10 rings (SSSR count). The Morgan fingerprint density at radius 1 is 0.435 bits per heavy atom. The summed E-state index contributed by atoms with van der Waals surface area (Å²) in [5.41, 5.74) is 9.08. The van der Waals surface area contributed by atoms with Crippen molar-refractivity contribution in [2.45, 2.75) is 0 Å². The summed E-state index contributed by atoms with van der Waals surface area (Å²) in [5, 5.41) is 8.21. The molecule has 0 aliphatic rings. The van der Waals surface area contributed by atoms with Crippen molar-refractivity contribution in [3.05, 3.63) is 158 Å². The van der Waals surface area contributed by atoms with Gasteiger partial charge in [-0.25, -0.2) is 9.97 Å². The molecule has 0 atom stereocenters. The van der Waals surface area contributed by atoms with Gasteiger partial charge < -0.3 is 4.57 Å². The van der Waals surface area contributed by atoms with Crippen LogP contribution in [0.1, 0.15) is 0 Å². The lowest BCUT2D eigenvalue weighted by Gasteiger charge is -2.10. The third kappa shape index (κ3) is 3.55. The molecule has 0 unspecified atom stereocenters. The van der Waals surface area contributed by atoms with E-state index in [1.807, 2.05) is 6.20 Å². The maximum Gasteiger partial charge on any atom is 0.235 e. The SMILES string of the molecule is c1ccc(-n2c3ccccc3c3cc(-c4cccc5c4c4ccccc4n5-c4ncc5ccc6ccccc6c5n4)ccc32)cc1. The van der Waals surface area contributed by atoms with Crippen LogP contribution < -0.4 is 0 Å². The van der Waals surface area contributed by atoms with E-state index in [0.717, 1.165) is 33.0 Å². The van der Waals surface area contributed by atoms with Crippen molar-refractivity contribution in [1.29, 1.82) is 0 Å². The summed E-state index contributed by atoms with van der Waals surface area (Å²) >= 11 is 0. The van der Waals surface area contributed by atoms with E-state index in [4.69, 9.17) is 9.97 Å². The van der Waals surface area contributed by atoms with Gasteiger partial charge in [0.25, 0.3) is 0 Å². The summed E-state index contributed by atoms with van der Waals surface area (Å²) in [5.74, 6) is 0.675. The second-order valence-electron chi connectivity index (χ2n) is 11.9. The lowest BCUT2D eigenvalue weighted by Crippen LogP contribution is -2.01. The Labute approximate surface area is 264 Å². The van der Waals surface area contributed by atoms with Gasteiger partial charge in [-0.15, -0.1) is 0 Å². The van der Waals surface area contributed by atoms with Gasteiger partial charge in [-0.2, -0.15) is 0 Å². The minimum absolute atomic E-state index is 0.675. The van der Waals surface area contributed by atoms with Gasteiger partial charge in [0.05, 0.1) is 27.6 Å². The zero-order valence-electron chi connectivity index (χ0n) is 24.8. The highest BCUT2D eigenvalue weighted by atomic mass is 15.2. The number of para-hydroxylation sites is 3. The highest BCUT2D eigenvalue weighted by Gasteiger charge is 2.19. The number of hydrogen-bond acceptors (Lipinski definition) is 2. The topological polar surface area (TPSA) is 35.6 Å². The molecule has 214 valence electrons. The van der Waals surface area contributed by atoms with E-state index >= 15 is 0 Å². The van der Waals surface area contributed by atoms with E-state index in [0.29, 0.717) is 5.95 Å². The van der Waals surface area contributed by atoms with Gasteiger partial charge in [0, 0.05) is 44.2 Å². The van der Waals surface area contributed by atoms with Crippen molar-refractivity contribution in [2.24, 2.45) is 0 Å². The molecule has 3 heterocycles. The molecule has 0 aliphatic carbocycles. The minimum atomic E-state index is 0.675. The highest BCUT2D eigenvalue weighted by molar-refractivity contribution is 6.17. The van der Waals surface area contributed by atoms with Crippen LogP contribution in [0.2, 0.25) is 0 Å². The molecule has 0 spiro atoms. The van der Waals surface area contributed by atoms with Crippen LogP contribution in [0.4, 0.5) is 0 Å². The molecule has 0 saturated heterocycles. The monoisotopic (exact) mass is 586 g/mol. The predicted molar refractivity (Wildman–Crippen MR) is 191 cm³/mol. The standard InChI is InChI=1S/C42H26N4/c1-2-12-30(13-3-1)45-36-18-8-6-15-33(36)35-25-28(23-24-38(35)45)31-17-10-20-39-40(31)34-16-7-9-19-37(34)46(39)42-43-26-29-22-21-27-11-4-5-14-32(27)41(29)44-42/h1-26H. The van der Waals surface area contributed by atoms with Crippen molar-refractivity contribution in [2.75, 3.05) is 0 Å². The second kappa shape index (κ2) is 9.62. The number of rotatable bonds is 3. The molecule has 0 fully saturated rings. The van der Waals surface area contributed by atoms with Crippen LogP contribution in [0.3, 0.4) is 0 Å². The zero-order valence-corrected chi connectivity index (χ0v) is 24.8. The highest BCUT2D eigenvalue weighted by Crippen LogP contribution is 2.41. The Bertz CT molecular complexity index is 2810. The maximum absolute atomic E-state index is 5.20. The number of benzene rings is 7. The van der Waals surface area contributed by atoms with Crippen LogP contribution in [-0.4, -0.2) is 19.1 Å². The number of nitrogens with zero attached hydrogens (tertiary/aromatic N) is 4. The maximum atomic E-state index is 5.20. The molecular weight excluding hydrogens is 560 g/mol. The first-order valence-electron chi connectivity index (χ1n) is 15.6. The first-order valence-corrected chi connectivity index (χ1v) is 15.6. The van der Waals surface area contributed by atoms with Gasteiger partial charge in [0.15, 0.2) is 0 Å². The predicted octanol–water partition coefficient (Wildman–Crippen LogP) is 10.6. The molecule has 0 saturated carbocycles. The van der Waals surface area contributed by atoms with Crippen molar-refractivity contribution >= 4 is 65.3 Å². The van der Waals surface area contributed by atoms with E-state index in [-0.39, 0.29) is 0 Å². The van der Waals surface area contributed by atoms with E-state index in [1.54, 1.807) is 0 Å². The number of hydrogen-bond donors (Lipinski definition) is 0. The summed E-state index contributed by atoms with van der Waals surface area (Å²) in [4.78, 5) is 10.1. The number of fused-ring (bicyclic) bond motifs is 9. The Kier molecular flexibility index (Phi) is 5.25. The molecule has 0 aliphatic heterocycles. The first-order chi connectivity index (χ1) is 22.8. The van der Waals surface area contributed by atoms with Crippen molar-refractivity contribution in [1.82, 2.24) is 19.1 Å². The average molecular weight is 587 g/mol. The lowest BCUT2D eigenvalue weighted by atomic mass is 9.98. The fourth-order valence-electron chi connectivity index (χ4n) is 7.34. The third-order valence-electron chi connectivity index (χ3n) is 9.36. The van der Waals surface area contributed by atoms with Crippen LogP contribution in [0, 0.1) is 0 Å². The third-order valence-corrected chi connectivity index (χ3v) is 9.36. The van der Waals surface area contributed by atoms with Gasteiger partial charge in [0.2, 0.25) is 5.95 Å². The molecular formula is C42H26N4. The van der Waals surface area contributed by atoms with Gasteiger partial charge in [-0.1, -0.05) is 109 Å². The smallest absolute Gasteiger partial charge is 0.235 e. The van der Waals surface area contributed by atoms with Crippen LogP contribution in [-0.2, 0) is 0 Å². The molecule has 0 N–H and O–H groups in total. The molecule has 7 aromatic carbocycles. The van der Waals surface area contributed by atoms with Gasteiger partial charge in [0.1, 0.15) is 0 Å². The summed E-state index contributed by atoms with van der Waals surface area (Å²) < 4.78 is 4.58. The summed E-state index contributed by atoms with van der Waals surface area (Å²) in [7, 11) is 0. The van der Waals surface area contributed by atoms with Gasteiger partial charge in [-0.3, -0.25) is 4.57 Å². The fourth-order valence-corrected chi connectivity index (χ4v) is 7.34. The van der Waals surface area contributed by atoms with Gasteiger partial charge in [-0.05, 0) is 59.0 Å². The normalized spacial score (nSPS) is 11.9. The molecule has 0 radical (unpaired) electrons. The van der Waals surface area contributed by atoms with Crippen molar-refractivity contribution in [3.63, 3.8) is 0 Å². The van der Waals surface area contributed by atoms with Crippen LogP contribution in [0.15, 0.2) is 158 Å². The summed E-state index contributed by atoms with van der Waals surface area (Å²) in [6, 6.07) is 54.1. The van der Waals surface area contributed by atoms with Crippen molar-refractivity contribution < 1.29 is 0 Å². The number of aromatic nitrogens is 4. The van der Waals surface area contributed by atoms with Crippen LogP contribution in [0.25, 0.3) is 88.0 Å². The Morgan fingerprint density at radius 3 is 1.98 bits per heavy atom. The summed E-state index contributed by atoms with van der Waals surface area (Å²) in [6.45, 7) is 0. The zero-order chi connectivity index (χ0) is 30.2. The Morgan fingerprint density at radius 2 is 1.11 bits per heavy atom. The van der Waals surface area contributed by atoms with Crippen LogP contribution in [0.5, 0.6) is 0 Å². The quantitative estimate of drug-likeness (QED) is 0.193. The Hall–Kier alpha value is -6.26. The molecule has 10 aromatic rings. The average Bonchev–Trinajstić information content (AvgIpc) is 3.64. The molecule has 46 heavy (non-hydrogen) atoms. The van der Waals surface area contributed by atoms with E-state index in [2.05, 4.69) is 161 Å². The van der Waals surface area contributed by atoms with Gasteiger partial charge >= 0.3 is 0 Å². The lowest BCUT2D eigenvalue weighted by molar-refractivity contribution is 1.01. The molecule has 4 heteroatoms.